The Morgan fingerprint density at radius 3 is 2.30 bits per heavy atom. The van der Waals surface area contributed by atoms with E-state index in [0.29, 0.717) is 0 Å². The minimum Gasteiger partial charge on any atom is -0.360 e. The summed E-state index contributed by atoms with van der Waals surface area (Å²) in [7, 11) is 0. The summed E-state index contributed by atoms with van der Waals surface area (Å²) in [5.74, 6) is -0.453. The van der Waals surface area contributed by atoms with Crippen molar-refractivity contribution < 1.29 is 4.79 Å². The van der Waals surface area contributed by atoms with E-state index in [0.717, 1.165) is 27.7 Å². The zero-order valence-corrected chi connectivity index (χ0v) is 16.0. The second-order valence-electron chi connectivity index (χ2n) is 6.71. The van der Waals surface area contributed by atoms with E-state index in [2.05, 4.69) is 20.8 Å². The van der Waals surface area contributed by atoms with Crippen molar-refractivity contribution in [1.82, 2.24) is 15.5 Å². The molecule has 0 saturated carbocycles. The molecule has 4 aromatic rings. The maximum Gasteiger partial charge on any atom is 0.264 e. The van der Waals surface area contributed by atoms with Gasteiger partial charge in [0.05, 0.1) is 17.8 Å². The lowest BCUT2D eigenvalue weighted by Crippen LogP contribution is -2.30. The average Bonchev–Trinajstić information content (AvgIpc) is 3.27. The molecule has 0 atom stereocenters. The molecule has 1 aromatic heterocycles. The summed E-state index contributed by atoms with van der Waals surface area (Å²) in [5.41, 5.74) is 3.47. The number of anilines is 1. The topological polar surface area (TPSA) is 93.6 Å². The number of carbonyl (C=O) groups excluding carboxylic acids is 1. The number of nitriles is 1. The first-order valence-corrected chi connectivity index (χ1v) is 9.45. The van der Waals surface area contributed by atoms with Gasteiger partial charge in [0.15, 0.2) is 0 Å². The zero-order valence-electron chi connectivity index (χ0n) is 16.0. The molecule has 0 radical (unpaired) electrons. The van der Waals surface area contributed by atoms with Crippen molar-refractivity contribution in [3.8, 4) is 6.07 Å². The number of rotatable bonds is 6. The Bertz CT molecular complexity index is 1180. The molecule has 0 aliphatic carbocycles. The van der Waals surface area contributed by atoms with Gasteiger partial charge in [-0.15, -0.1) is 0 Å². The Labute approximate surface area is 173 Å². The largest absolute Gasteiger partial charge is 0.360 e. The number of hydrogen-bond donors (Lipinski definition) is 3. The molecular formula is C24H19N5O. The van der Waals surface area contributed by atoms with Gasteiger partial charge in [0.2, 0.25) is 0 Å². The highest BCUT2D eigenvalue weighted by molar-refractivity contribution is 5.98. The van der Waals surface area contributed by atoms with Crippen LogP contribution in [0.1, 0.15) is 17.2 Å². The van der Waals surface area contributed by atoms with E-state index < -0.39 is 5.91 Å². The second kappa shape index (κ2) is 8.76. The predicted octanol–water partition coefficient (Wildman–Crippen LogP) is 4.29. The summed E-state index contributed by atoms with van der Waals surface area (Å²) >= 11 is 0. The lowest BCUT2D eigenvalue weighted by molar-refractivity contribution is -0.117. The number of H-pyrrole nitrogens is 1. The highest BCUT2D eigenvalue weighted by Crippen LogP contribution is 2.22. The van der Waals surface area contributed by atoms with Crippen LogP contribution in [0.4, 0.5) is 5.69 Å². The molecule has 1 amide bonds. The average molecular weight is 393 g/mol. The molecule has 146 valence electrons. The molecule has 1 heterocycles. The smallest absolute Gasteiger partial charge is 0.264 e. The van der Waals surface area contributed by atoms with Crippen LogP contribution >= 0.6 is 0 Å². The first-order valence-electron chi connectivity index (χ1n) is 9.45. The van der Waals surface area contributed by atoms with Gasteiger partial charge in [0.25, 0.3) is 5.91 Å². The van der Waals surface area contributed by atoms with Gasteiger partial charge in [-0.2, -0.15) is 10.4 Å². The van der Waals surface area contributed by atoms with Crippen molar-refractivity contribution in [1.29, 1.82) is 5.26 Å². The normalized spacial score (nSPS) is 11.3. The maximum atomic E-state index is 12.9. The van der Waals surface area contributed by atoms with Crippen LogP contribution in [0, 0.1) is 11.3 Å². The van der Waals surface area contributed by atoms with E-state index in [9.17, 15) is 10.1 Å². The third-order valence-corrected chi connectivity index (χ3v) is 4.73. The molecule has 0 aliphatic rings. The van der Waals surface area contributed by atoms with Gasteiger partial charge in [-0.3, -0.25) is 9.89 Å². The van der Waals surface area contributed by atoms with Gasteiger partial charge >= 0.3 is 0 Å². The molecule has 6 heteroatoms. The molecule has 0 bridgehead atoms. The minimum atomic E-state index is -0.453. The van der Waals surface area contributed by atoms with Crippen molar-refractivity contribution in [2.75, 3.05) is 5.32 Å². The number of nitrogens with zero attached hydrogens (tertiary/aromatic N) is 2. The van der Waals surface area contributed by atoms with E-state index in [1.165, 1.54) is 6.20 Å². The number of hydrogen-bond acceptors (Lipinski definition) is 4. The van der Waals surface area contributed by atoms with E-state index in [4.69, 9.17) is 0 Å². The number of aromatic amines is 1. The van der Waals surface area contributed by atoms with E-state index in [1.54, 1.807) is 6.20 Å². The summed E-state index contributed by atoms with van der Waals surface area (Å²) in [4.78, 5) is 12.9. The van der Waals surface area contributed by atoms with E-state index >= 15 is 0 Å². The van der Waals surface area contributed by atoms with Crippen LogP contribution in [0.25, 0.3) is 10.9 Å². The Hall–Kier alpha value is -4.37. The molecule has 0 unspecified atom stereocenters. The van der Waals surface area contributed by atoms with Crippen LogP contribution in [0.2, 0.25) is 0 Å². The quantitative estimate of drug-likeness (QED) is 0.336. The van der Waals surface area contributed by atoms with Crippen LogP contribution in [0.5, 0.6) is 0 Å². The molecule has 30 heavy (non-hydrogen) atoms. The first-order chi connectivity index (χ1) is 14.7. The van der Waals surface area contributed by atoms with Gasteiger partial charge in [-0.25, -0.2) is 0 Å². The highest BCUT2D eigenvalue weighted by atomic mass is 16.1. The van der Waals surface area contributed by atoms with Crippen LogP contribution in [0.15, 0.2) is 96.8 Å². The number of nitrogens with one attached hydrogen (secondary N) is 3. The fraction of sp³-hybridized carbons (Fsp3) is 0.0417. The number of aromatic nitrogens is 2. The van der Waals surface area contributed by atoms with Gasteiger partial charge < -0.3 is 10.6 Å². The van der Waals surface area contributed by atoms with Crippen molar-refractivity contribution in [3.05, 3.63) is 108 Å². The molecule has 0 saturated heterocycles. The predicted molar refractivity (Wildman–Crippen MR) is 116 cm³/mol. The Morgan fingerprint density at radius 1 is 1.00 bits per heavy atom. The fourth-order valence-corrected chi connectivity index (χ4v) is 3.19. The van der Waals surface area contributed by atoms with Crippen molar-refractivity contribution >= 4 is 22.5 Å². The molecular weight excluding hydrogens is 374 g/mol. The Morgan fingerprint density at radius 2 is 1.67 bits per heavy atom. The first kappa shape index (κ1) is 19.0. The Balaban J connectivity index is 1.55. The van der Waals surface area contributed by atoms with Crippen LogP contribution < -0.4 is 10.6 Å². The van der Waals surface area contributed by atoms with Gasteiger partial charge in [0, 0.05) is 17.3 Å². The monoisotopic (exact) mass is 393 g/mol. The molecule has 3 N–H and O–H groups in total. The molecule has 6 nitrogen and oxygen atoms in total. The summed E-state index contributed by atoms with van der Waals surface area (Å²) < 4.78 is 0. The van der Waals surface area contributed by atoms with Crippen LogP contribution in [-0.4, -0.2) is 16.1 Å². The number of amides is 1. The van der Waals surface area contributed by atoms with Crippen LogP contribution in [0.3, 0.4) is 0 Å². The summed E-state index contributed by atoms with van der Waals surface area (Å²) in [5, 5.41) is 23.4. The number of benzene rings is 3. The van der Waals surface area contributed by atoms with Gasteiger partial charge in [-0.05, 0) is 29.3 Å². The van der Waals surface area contributed by atoms with Crippen LogP contribution in [-0.2, 0) is 4.79 Å². The van der Waals surface area contributed by atoms with Gasteiger partial charge in [-0.1, -0.05) is 60.7 Å². The summed E-state index contributed by atoms with van der Waals surface area (Å²) in [6.07, 6.45) is 3.15. The minimum absolute atomic E-state index is 0.0171. The zero-order chi connectivity index (χ0) is 20.8. The lowest BCUT2D eigenvalue weighted by Gasteiger charge is -2.19. The molecule has 0 aliphatic heterocycles. The SMILES string of the molecule is N#C/C(=C/Nc1ccc2cn[nH]c2c1)C(=O)NC(c1ccccc1)c1ccccc1. The third-order valence-electron chi connectivity index (χ3n) is 4.73. The number of carbonyl (C=O) groups is 1. The Kier molecular flexibility index (Phi) is 5.54. The van der Waals surface area contributed by atoms with E-state index in [1.807, 2.05) is 84.9 Å². The van der Waals surface area contributed by atoms with E-state index in [-0.39, 0.29) is 11.6 Å². The summed E-state index contributed by atoms with van der Waals surface area (Å²) in [6.45, 7) is 0. The fourth-order valence-electron chi connectivity index (χ4n) is 3.19. The molecule has 3 aromatic carbocycles. The lowest BCUT2D eigenvalue weighted by atomic mass is 9.98. The van der Waals surface area contributed by atoms with Crippen molar-refractivity contribution in [3.63, 3.8) is 0 Å². The third kappa shape index (κ3) is 4.21. The molecule has 0 spiro atoms. The summed E-state index contributed by atoms with van der Waals surface area (Å²) in [6, 6.07) is 26.6. The number of fused-ring (bicyclic) bond motifs is 1. The molecule has 4 rings (SSSR count). The van der Waals surface area contributed by atoms with Crippen molar-refractivity contribution in [2.45, 2.75) is 6.04 Å². The highest BCUT2D eigenvalue weighted by Gasteiger charge is 2.19. The molecule has 0 fully saturated rings. The van der Waals surface area contributed by atoms with Crippen molar-refractivity contribution in [2.24, 2.45) is 0 Å². The standard InChI is InChI=1S/C24H19N5O/c25-14-20(15-26-21-12-11-19-16-27-29-22(19)13-21)24(30)28-23(17-7-3-1-4-8-17)18-9-5-2-6-10-18/h1-13,15-16,23,26H,(H,27,29)(H,28,30)/b20-15-. The maximum absolute atomic E-state index is 12.9. The van der Waals surface area contributed by atoms with Gasteiger partial charge in [0.1, 0.15) is 11.6 Å². The second-order valence-corrected chi connectivity index (χ2v) is 6.71.